The van der Waals surface area contributed by atoms with Gasteiger partial charge in [0.25, 0.3) is 0 Å². The number of rotatable bonds is 8. The van der Waals surface area contributed by atoms with E-state index in [1.807, 2.05) is 0 Å². The van der Waals surface area contributed by atoms with E-state index in [9.17, 15) is 4.79 Å². The number of hydrogen-bond donors (Lipinski definition) is 1. The van der Waals surface area contributed by atoms with Crippen molar-refractivity contribution < 1.29 is 14.3 Å². The van der Waals surface area contributed by atoms with Gasteiger partial charge in [0.05, 0.1) is 23.1 Å². The number of hydrogen-bond acceptors (Lipinski definition) is 4. The van der Waals surface area contributed by atoms with Gasteiger partial charge in [0.1, 0.15) is 6.61 Å². The predicted octanol–water partition coefficient (Wildman–Crippen LogP) is 4.58. The molecule has 1 amide bonds. The first kappa shape index (κ1) is 19.1. The molecule has 6 heteroatoms. The second-order valence-corrected chi connectivity index (χ2v) is 7.53. The van der Waals surface area contributed by atoms with Crippen LogP contribution in [-0.2, 0) is 22.4 Å². The molecule has 0 atom stereocenters. The number of carbonyl (C=O) groups excluding carboxylic acids is 1. The summed E-state index contributed by atoms with van der Waals surface area (Å²) < 4.78 is 10.6. The number of para-hydroxylation sites is 1. The van der Waals surface area contributed by atoms with Crippen molar-refractivity contribution in [3.8, 4) is 5.75 Å². The smallest absolute Gasteiger partial charge is 0.234 e. The zero-order valence-electron chi connectivity index (χ0n) is 14.7. The van der Waals surface area contributed by atoms with E-state index < -0.39 is 0 Å². The van der Waals surface area contributed by atoms with Gasteiger partial charge in [0.2, 0.25) is 5.91 Å². The summed E-state index contributed by atoms with van der Waals surface area (Å²) in [5, 5.41) is 3.35. The number of carbonyl (C=O) groups is 1. The Kier molecular flexibility index (Phi) is 6.83. The highest BCUT2D eigenvalue weighted by molar-refractivity contribution is 8.00. The summed E-state index contributed by atoms with van der Waals surface area (Å²) in [6.45, 7) is 0.819. The van der Waals surface area contributed by atoms with Crippen LogP contribution >= 0.6 is 23.4 Å². The van der Waals surface area contributed by atoms with Crippen LogP contribution in [0.1, 0.15) is 17.5 Å². The molecule has 2 aromatic carbocycles. The number of methoxy groups -OCH3 is 1. The fourth-order valence-electron chi connectivity index (χ4n) is 2.95. The molecule has 0 bridgehead atoms. The van der Waals surface area contributed by atoms with Crippen molar-refractivity contribution in [1.82, 2.24) is 0 Å². The number of aryl methyl sites for hydroxylation is 2. The maximum absolute atomic E-state index is 12.4. The normalized spacial score (nSPS) is 12.7. The van der Waals surface area contributed by atoms with Crippen LogP contribution in [0, 0.1) is 0 Å². The van der Waals surface area contributed by atoms with E-state index in [0.29, 0.717) is 35.4 Å². The van der Waals surface area contributed by atoms with Crippen LogP contribution in [0.3, 0.4) is 0 Å². The highest BCUT2D eigenvalue weighted by Gasteiger charge is 2.14. The average molecular weight is 392 g/mol. The number of ether oxygens (including phenoxy) is 2. The van der Waals surface area contributed by atoms with Gasteiger partial charge in [-0.15, -0.1) is 11.8 Å². The topological polar surface area (TPSA) is 47.6 Å². The van der Waals surface area contributed by atoms with Crippen molar-refractivity contribution in [2.75, 3.05) is 31.4 Å². The molecule has 0 aliphatic heterocycles. The Morgan fingerprint density at radius 1 is 1.19 bits per heavy atom. The summed E-state index contributed by atoms with van der Waals surface area (Å²) >= 11 is 7.74. The molecule has 1 aliphatic rings. The molecule has 0 saturated carbocycles. The number of nitrogens with one attached hydrogen (secondary N) is 1. The molecular weight excluding hydrogens is 370 g/mol. The average Bonchev–Trinajstić information content (AvgIpc) is 3.10. The van der Waals surface area contributed by atoms with E-state index in [-0.39, 0.29) is 5.91 Å². The molecule has 2 aromatic rings. The van der Waals surface area contributed by atoms with E-state index in [4.69, 9.17) is 21.1 Å². The summed E-state index contributed by atoms with van der Waals surface area (Å²) in [7, 11) is 1.61. The van der Waals surface area contributed by atoms with Gasteiger partial charge in [-0.3, -0.25) is 4.79 Å². The van der Waals surface area contributed by atoms with Gasteiger partial charge in [-0.25, -0.2) is 0 Å². The van der Waals surface area contributed by atoms with E-state index in [1.54, 1.807) is 25.3 Å². The van der Waals surface area contributed by atoms with E-state index >= 15 is 0 Å². The van der Waals surface area contributed by atoms with E-state index in [0.717, 1.165) is 11.3 Å². The molecule has 1 aliphatic carbocycles. The van der Waals surface area contributed by atoms with Crippen LogP contribution in [0.25, 0.3) is 0 Å². The molecule has 3 rings (SSSR count). The molecule has 0 heterocycles. The van der Waals surface area contributed by atoms with Gasteiger partial charge >= 0.3 is 0 Å². The van der Waals surface area contributed by atoms with Gasteiger partial charge in [-0.2, -0.15) is 0 Å². The van der Waals surface area contributed by atoms with E-state index in [2.05, 4.69) is 23.5 Å². The van der Waals surface area contributed by atoms with Crippen LogP contribution < -0.4 is 10.1 Å². The molecule has 0 unspecified atom stereocenters. The lowest BCUT2D eigenvalue weighted by Crippen LogP contribution is -2.15. The lowest BCUT2D eigenvalue weighted by molar-refractivity contribution is -0.113. The first-order valence-corrected chi connectivity index (χ1v) is 9.98. The highest BCUT2D eigenvalue weighted by Crippen LogP contribution is 2.33. The van der Waals surface area contributed by atoms with Crippen LogP contribution in [0.4, 0.5) is 5.69 Å². The van der Waals surface area contributed by atoms with Crippen molar-refractivity contribution in [3.05, 3.63) is 52.5 Å². The SMILES string of the molecule is COCCOc1c(Cl)cccc1NC(=O)CSc1ccc2c(c1)CCC2. The molecule has 0 aromatic heterocycles. The Bertz CT molecular complexity index is 782. The largest absolute Gasteiger partial charge is 0.487 e. The Labute approximate surface area is 163 Å². The van der Waals surface area contributed by atoms with Crippen molar-refractivity contribution in [1.29, 1.82) is 0 Å². The first-order chi connectivity index (χ1) is 12.7. The van der Waals surface area contributed by atoms with E-state index in [1.165, 1.54) is 35.7 Å². The minimum absolute atomic E-state index is 0.0886. The number of fused-ring (bicyclic) bond motifs is 1. The molecule has 0 fully saturated rings. The fraction of sp³-hybridized carbons (Fsp3) is 0.350. The predicted molar refractivity (Wildman–Crippen MR) is 107 cm³/mol. The standard InChI is InChI=1S/C20H22ClNO3S/c1-24-10-11-25-20-17(21)6-3-7-18(20)22-19(23)13-26-16-9-8-14-4-2-5-15(14)12-16/h3,6-9,12H,2,4-5,10-11,13H2,1H3,(H,22,23). The van der Waals surface area contributed by atoms with Crippen molar-refractivity contribution >= 4 is 35.0 Å². The third-order valence-electron chi connectivity index (χ3n) is 4.21. The first-order valence-electron chi connectivity index (χ1n) is 8.62. The van der Waals surface area contributed by atoms with Gasteiger partial charge in [-0.1, -0.05) is 23.7 Å². The maximum Gasteiger partial charge on any atom is 0.234 e. The van der Waals surface area contributed by atoms with Crippen molar-refractivity contribution in [2.45, 2.75) is 24.2 Å². The summed E-state index contributed by atoms with van der Waals surface area (Å²) in [5.74, 6) is 0.722. The number of halogens is 1. The molecule has 26 heavy (non-hydrogen) atoms. The Balaban J connectivity index is 1.58. The second-order valence-electron chi connectivity index (χ2n) is 6.08. The zero-order chi connectivity index (χ0) is 18.4. The number of thioether (sulfide) groups is 1. The number of benzene rings is 2. The van der Waals surface area contributed by atoms with Gasteiger partial charge in [-0.05, 0) is 54.7 Å². The quantitative estimate of drug-likeness (QED) is 0.528. The number of amides is 1. The third-order valence-corrected chi connectivity index (χ3v) is 5.51. The molecular formula is C20H22ClNO3S. The monoisotopic (exact) mass is 391 g/mol. The zero-order valence-corrected chi connectivity index (χ0v) is 16.3. The molecule has 138 valence electrons. The maximum atomic E-state index is 12.4. The van der Waals surface area contributed by atoms with Crippen LogP contribution in [0.5, 0.6) is 5.75 Å². The summed E-state index contributed by atoms with van der Waals surface area (Å²) in [5.41, 5.74) is 3.43. The van der Waals surface area contributed by atoms with Gasteiger partial charge in [0.15, 0.2) is 5.75 Å². The second kappa shape index (κ2) is 9.31. The molecule has 1 N–H and O–H groups in total. The highest BCUT2D eigenvalue weighted by atomic mass is 35.5. The van der Waals surface area contributed by atoms with Crippen LogP contribution in [-0.4, -0.2) is 32.0 Å². The minimum Gasteiger partial charge on any atom is -0.487 e. The summed E-state index contributed by atoms with van der Waals surface area (Å²) in [4.78, 5) is 13.5. The van der Waals surface area contributed by atoms with Crippen LogP contribution in [0.2, 0.25) is 5.02 Å². The third kappa shape index (κ3) is 4.93. The van der Waals surface area contributed by atoms with Gasteiger partial charge in [0, 0.05) is 12.0 Å². The molecule has 0 spiro atoms. The van der Waals surface area contributed by atoms with Crippen molar-refractivity contribution in [3.63, 3.8) is 0 Å². The lowest BCUT2D eigenvalue weighted by Gasteiger charge is -2.14. The summed E-state index contributed by atoms with van der Waals surface area (Å²) in [6.07, 6.45) is 3.53. The molecule has 0 radical (unpaired) electrons. The van der Waals surface area contributed by atoms with Crippen LogP contribution in [0.15, 0.2) is 41.3 Å². The fourth-order valence-corrected chi connectivity index (χ4v) is 3.94. The summed E-state index contributed by atoms with van der Waals surface area (Å²) in [6, 6.07) is 11.8. The Morgan fingerprint density at radius 3 is 2.88 bits per heavy atom. The molecule has 0 saturated heterocycles. The Morgan fingerprint density at radius 2 is 2.04 bits per heavy atom. The molecule has 4 nitrogen and oxygen atoms in total. The van der Waals surface area contributed by atoms with Crippen molar-refractivity contribution in [2.24, 2.45) is 0 Å². The van der Waals surface area contributed by atoms with Gasteiger partial charge < -0.3 is 14.8 Å². The number of anilines is 1. The Hall–Kier alpha value is -1.69. The lowest BCUT2D eigenvalue weighted by atomic mass is 10.1. The minimum atomic E-state index is -0.0886.